The predicted molar refractivity (Wildman–Crippen MR) is 66.8 cm³/mol. The van der Waals surface area contributed by atoms with Crippen LogP contribution in [0, 0.1) is 5.92 Å². The van der Waals surface area contributed by atoms with E-state index in [-0.39, 0.29) is 11.3 Å². The van der Waals surface area contributed by atoms with Crippen molar-refractivity contribution in [3.63, 3.8) is 0 Å². The molecule has 0 aliphatic heterocycles. The molecule has 0 fully saturated rings. The van der Waals surface area contributed by atoms with E-state index in [0.717, 1.165) is 0 Å². The number of aliphatic hydroxyl groups is 1. The Morgan fingerprint density at radius 3 is 2.76 bits per heavy atom. The third-order valence-electron chi connectivity index (χ3n) is 2.64. The van der Waals surface area contributed by atoms with Gasteiger partial charge in [0.1, 0.15) is 11.8 Å². The van der Waals surface area contributed by atoms with Crippen LogP contribution in [-0.2, 0) is 0 Å². The van der Waals surface area contributed by atoms with Gasteiger partial charge in [-0.15, -0.1) is 0 Å². The number of hydrogen-bond donors (Lipinski definition) is 2. The molecule has 1 aromatic heterocycles. The first-order chi connectivity index (χ1) is 8.08. The highest BCUT2D eigenvalue weighted by atomic mass is 16.3. The summed E-state index contributed by atoms with van der Waals surface area (Å²) in [4.78, 5) is 18.7. The number of fused-ring (bicyclic) bond motifs is 1. The highest BCUT2D eigenvalue weighted by Gasteiger charge is 2.15. The fraction of sp³-hybridized carbons (Fsp3) is 0.385. The van der Waals surface area contributed by atoms with Gasteiger partial charge in [-0.3, -0.25) is 4.79 Å². The fourth-order valence-corrected chi connectivity index (χ4v) is 1.83. The fourth-order valence-electron chi connectivity index (χ4n) is 1.83. The minimum atomic E-state index is -0.802. The summed E-state index contributed by atoms with van der Waals surface area (Å²) >= 11 is 0. The Morgan fingerprint density at radius 1 is 1.35 bits per heavy atom. The van der Waals surface area contributed by atoms with Crippen LogP contribution >= 0.6 is 0 Å². The average molecular weight is 232 g/mol. The van der Waals surface area contributed by atoms with Gasteiger partial charge in [-0.1, -0.05) is 26.0 Å². The molecule has 2 aromatic rings. The number of hydrogen-bond acceptors (Lipinski definition) is 3. The molecule has 1 aromatic carbocycles. The van der Waals surface area contributed by atoms with Crippen LogP contribution < -0.4 is 5.56 Å². The van der Waals surface area contributed by atoms with Crippen molar-refractivity contribution in [1.82, 2.24) is 9.97 Å². The van der Waals surface area contributed by atoms with Crippen LogP contribution in [0.25, 0.3) is 11.0 Å². The molecule has 0 aliphatic carbocycles. The lowest BCUT2D eigenvalue weighted by molar-refractivity contribution is 0.145. The molecule has 0 saturated carbocycles. The molecule has 0 aliphatic rings. The van der Waals surface area contributed by atoms with Crippen LogP contribution in [0.4, 0.5) is 0 Å². The average Bonchev–Trinajstić information content (AvgIpc) is 2.27. The van der Waals surface area contributed by atoms with Gasteiger partial charge in [0.15, 0.2) is 0 Å². The van der Waals surface area contributed by atoms with E-state index in [1.54, 1.807) is 6.07 Å². The second-order valence-electron chi connectivity index (χ2n) is 4.61. The Kier molecular flexibility index (Phi) is 3.24. The van der Waals surface area contributed by atoms with Gasteiger partial charge >= 0.3 is 0 Å². The van der Waals surface area contributed by atoms with Gasteiger partial charge in [-0.2, -0.15) is 0 Å². The van der Waals surface area contributed by atoms with E-state index in [4.69, 9.17) is 0 Å². The summed E-state index contributed by atoms with van der Waals surface area (Å²) in [5, 5.41) is 9.95. The first-order valence-electron chi connectivity index (χ1n) is 5.75. The number of aromatic nitrogens is 2. The van der Waals surface area contributed by atoms with Gasteiger partial charge in [0.25, 0.3) is 5.56 Å². The molecular weight excluding hydrogens is 216 g/mol. The van der Waals surface area contributed by atoms with E-state index < -0.39 is 6.10 Å². The molecule has 0 saturated heterocycles. The lowest BCUT2D eigenvalue weighted by Crippen LogP contribution is -2.19. The van der Waals surface area contributed by atoms with Crippen molar-refractivity contribution in [1.29, 1.82) is 0 Å². The van der Waals surface area contributed by atoms with Crippen molar-refractivity contribution in [2.24, 2.45) is 5.92 Å². The Balaban J connectivity index is 2.47. The molecule has 1 unspecified atom stereocenters. The summed E-state index contributed by atoms with van der Waals surface area (Å²) < 4.78 is 0. The number of nitrogens with one attached hydrogen (secondary N) is 1. The summed E-state index contributed by atoms with van der Waals surface area (Å²) in [5.41, 5.74) is 1.29. The van der Waals surface area contributed by atoms with Crippen molar-refractivity contribution in [3.05, 3.63) is 40.3 Å². The summed E-state index contributed by atoms with van der Waals surface area (Å²) in [7, 11) is 0. The highest BCUT2D eigenvalue weighted by molar-refractivity contribution is 5.73. The van der Waals surface area contributed by atoms with Crippen molar-refractivity contribution >= 4 is 11.0 Å². The standard InChI is InChI=1S/C13H16N2O2/c1-8(2)7-11(16)12-13(17)15-10-6-4-3-5-9(10)14-12/h3-6,8,11,16H,7H2,1-2H3,(H,15,17). The molecular formula is C13H16N2O2. The zero-order valence-corrected chi connectivity index (χ0v) is 9.97. The lowest BCUT2D eigenvalue weighted by atomic mass is 10.0. The quantitative estimate of drug-likeness (QED) is 0.850. The zero-order valence-electron chi connectivity index (χ0n) is 9.97. The second-order valence-corrected chi connectivity index (χ2v) is 4.61. The maximum Gasteiger partial charge on any atom is 0.272 e. The van der Waals surface area contributed by atoms with E-state index in [1.165, 1.54) is 0 Å². The second kappa shape index (κ2) is 4.67. The number of H-pyrrole nitrogens is 1. The summed E-state index contributed by atoms with van der Waals surface area (Å²) in [6.07, 6.45) is -0.266. The van der Waals surface area contributed by atoms with Crippen LogP contribution in [0.2, 0.25) is 0 Å². The maximum atomic E-state index is 11.8. The first-order valence-corrected chi connectivity index (χ1v) is 5.75. The van der Waals surface area contributed by atoms with Crippen molar-refractivity contribution in [2.45, 2.75) is 26.4 Å². The molecule has 90 valence electrons. The van der Waals surface area contributed by atoms with Gasteiger partial charge in [0.05, 0.1) is 11.0 Å². The molecule has 0 bridgehead atoms. The number of nitrogens with zero attached hydrogens (tertiary/aromatic N) is 1. The molecule has 0 amide bonds. The van der Waals surface area contributed by atoms with Crippen LogP contribution in [0.1, 0.15) is 32.1 Å². The minimum absolute atomic E-state index is 0.206. The highest BCUT2D eigenvalue weighted by Crippen LogP contribution is 2.17. The number of rotatable bonds is 3. The van der Waals surface area contributed by atoms with Crippen molar-refractivity contribution in [2.75, 3.05) is 0 Å². The molecule has 17 heavy (non-hydrogen) atoms. The van der Waals surface area contributed by atoms with E-state index in [0.29, 0.717) is 23.4 Å². The number of aliphatic hydroxyl groups excluding tert-OH is 1. The molecule has 1 heterocycles. The zero-order chi connectivity index (χ0) is 12.4. The number of para-hydroxylation sites is 2. The SMILES string of the molecule is CC(C)CC(O)c1nc2ccccc2[nH]c1=O. The molecule has 0 radical (unpaired) electrons. The van der Waals surface area contributed by atoms with Crippen molar-refractivity contribution in [3.8, 4) is 0 Å². The Labute approximate surface area is 99.3 Å². The Morgan fingerprint density at radius 2 is 2.06 bits per heavy atom. The maximum absolute atomic E-state index is 11.8. The molecule has 4 heteroatoms. The van der Waals surface area contributed by atoms with Gasteiger partial charge < -0.3 is 10.1 Å². The normalized spacial score (nSPS) is 13.2. The largest absolute Gasteiger partial charge is 0.387 e. The predicted octanol–water partition coefficient (Wildman–Crippen LogP) is 2.00. The van der Waals surface area contributed by atoms with Crippen LogP contribution in [0.3, 0.4) is 0 Å². The van der Waals surface area contributed by atoms with E-state index in [1.807, 2.05) is 32.0 Å². The van der Waals surface area contributed by atoms with Crippen LogP contribution in [0.5, 0.6) is 0 Å². The summed E-state index contributed by atoms with van der Waals surface area (Å²) in [6.45, 7) is 4.00. The molecule has 4 nitrogen and oxygen atoms in total. The van der Waals surface area contributed by atoms with E-state index in [9.17, 15) is 9.90 Å². The smallest absolute Gasteiger partial charge is 0.272 e. The Hall–Kier alpha value is -1.68. The van der Waals surface area contributed by atoms with E-state index >= 15 is 0 Å². The lowest BCUT2D eigenvalue weighted by Gasteiger charge is -2.12. The summed E-state index contributed by atoms with van der Waals surface area (Å²) in [6, 6.07) is 7.30. The third kappa shape index (κ3) is 2.53. The summed E-state index contributed by atoms with van der Waals surface area (Å²) in [5.74, 6) is 0.317. The number of aromatic amines is 1. The van der Waals surface area contributed by atoms with Gasteiger partial charge in [-0.25, -0.2) is 4.98 Å². The Bertz CT molecular complexity index is 575. The molecule has 2 rings (SSSR count). The van der Waals surface area contributed by atoms with Gasteiger partial charge in [-0.05, 0) is 24.5 Å². The topological polar surface area (TPSA) is 66.0 Å². The van der Waals surface area contributed by atoms with Crippen LogP contribution in [-0.4, -0.2) is 15.1 Å². The van der Waals surface area contributed by atoms with Gasteiger partial charge in [0, 0.05) is 0 Å². The van der Waals surface area contributed by atoms with Crippen molar-refractivity contribution < 1.29 is 5.11 Å². The number of benzene rings is 1. The minimum Gasteiger partial charge on any atom is -0.387 e. The third-order valence-corrected chi connectivity index (χ3v) is 2.64. The molecule has 0 spiro atoms. The van der Waals surface area contributed by atoms with E-state index in [2.05, 4.69) is 9.97 Å². The first kappa shape index (κ1) is 11.8. The monoisotopic (exact) mass is 232 g/mol. The molecule has 2 N–H and O–H groups in total. The molecule has 1 atom stereocenters. The van der Waals surface area contributed by atoms with Gasteiger partial charge in [0.2, 0.25) is 0 Å². The van der Waals surface area contributed by atoms with Crippen LogP contribution in [0.15, 0.2) is 29.1 Å².